The lowest BCUT2D eigenvalue weighted by Gasteiger charge is -2.20. The number of fused-ring (bicyclic) bond motifs is 1. The molecule has 0 unspecified atom stereocenters. The number of rotatable bonds is 3. The fourth-order valence-corrected chi connectivity index (χ4v) is 1.61. The Labute approximate surface area is 106 Å². The molecule has 0 saturated carbocycles. The average molecular weight is 248 g/mol. The summed E-state index contributed by atoms with van der Waals surface area (Å²) in [5, 5.41) is 0. The molecule has 1 aromatic rings. The van der Waals surface area contributed by atoms with Crippen LogP contribution in [0.4, 0.5) is 0 Å². The number of hydrogen-bond acceptors (Lipinski definition) is 4. The zero-order valence-corrected chi connectivity index (χ0v) is 10.8. The Morgan fingerprint density at radius 3 is 2.83 bits per heavy atom. The molecular weight excluding hydrogens is 232 g/mol. The number of carbonyl (C=O) groups excluding carboxylic acids is 2. The van der Waals surface area contributed by atoms with Crippen LogP contribution in [0.5, 0.6) is 5.75 Å². The van der Waals surface area contributed by atoms with Crippen LogP contribution < -0.4 is 4.74 Å². The van der Waals surface area contributed by atoms with E-state index in [9.17, 15) is 9.59 Å². The Morgan fingerprint density at radius 2 is 2.17 bits per heavy atom. The summed E-state index contributed by atoms with van der Waals surface area (Å²) in [6, 6.07) is 5.17. The van der Waals surface area contributed by atoms with E-state index in [4.69, 9.17) is 9.47 Å². The van der Waals surface area contributed by atoms with E-state index >= 15 is 0 Å². The number of benzene rings is 1. The number of esters is 2. The molecule has 1 aliphatic heterocycles. The van der Waals surface area contributed by atoms with Gasteiger partial charge in [0.2, 0.25) is 0 Å². The molecule has 2 rings (SSSR count). The highest BCUT2D eigenvalue weighted by Crippen LogP contribution is 2.31. The average Bonchev–Trinajstić information content (AvgIpc) is 2.72. The number of cyclic esters (lactones) is 1. The highest BCUT2D eigenvalue weighted by atomic mass is 16.6. The third-order valence-corrected chi connectivity index (χ3v) is 3.31. The Kier molecular flexibility index (Phi) is 3.11. The lowest BCUT2D eigenvalue weighted by Crippen LogP contribution is -2.28. The van der Waals surface area contributed by atoms with Gasteiger partial charge in [0.05, 0.1) is 5.41 Å². The summed E-state index contributed by atoms with van der Waals surface area (Å²) >= 11 is 0. The molecule has 0 N–H and O–H groups in total. The van der Waals surface area contributed by atoms with E-state index in [1.165, 1.54) is 0 Å². The molecule has 96 valence electrons. The molecule has 18 heavy (non-hydrogen) atoms. The van der Waals surface area contributed by atoms with E-state index in [1.807, 2.05) is 20.8 Å². The Morgan fingerprint density at radius 1 is 1.44 bits per heavy atom. The zero-order valence-electron chi connectivity index (χ0n) is 10.8. The summed E-state index contributed by atoms with van der Waals surface area (Å²) < 4.78 is 10.3. The van der Waals surface area contributed by atoms with Gasteiger partial charge in [0.1, 0.15) is 17.9 Å². The Hall–Kier alpha value is -1.84. The summed E-state index contributed by atoms with van der Waals surface area (Å²) in [7, 11) is 0. The van der Waals surface area contributed by atoms with Gasteiger partial charge in [-0.05, 0) is 26.3 Å². The van der Waals surface area contributed by atoms with Gasteiger partial charge in [0, 0.05) is 5.56 Å². The van der Waals surface area contributed by atoms with Crippen LogP contribution >= 0.6 is 0 Å². The van der Waals surface area contributed by atoms with Gasteiger partial charge < -0.3 is 9.47 Å². The van der Waals surface area contributed by atoms with Crippen LogP contribution in [0.1, 0.15) is 43.1 Å². The summed E-state index contributed by atoms with van der Waals surface area (Å²) in [4.78, 5) is 23.6. The lowest BCUT2D eigenvalue weighted by atomic mass is 9.90. The van der Waals surface area contributed by atoms with Crippen LogP contribution in [0.15, 0.2) is 18.2 Å². The topological polar surface area (TPSA) is 52.6 Å². The van der Waals surface area contributed by atoms with Crippen LogP contribution in [0, 0.1) is 5.41 Å². The van der Waals surface area contributed by atoms with E-state index in [2.05, 4.69) is 0 Å². The zero-order chi connectivity index (χ0) is 13.3. The van der Waals surface area contributed by atoms with Crippen molar-refractivity contribution < 1.29 is 19.1 Å². The van der Waals surface area contributed by atoms with Crippen molar-refractivity contribution in [2.24, 2.45) is 5.41 Å². The van der Waals surface area contributed by atoms with Crippen molar-refractivity contribution in [1.82, 2.24) is 0 Å². The quantitative estimate of drug-likeness (QED) is 0.609. The predicted octanol–water partition coefficient (Wildman–Crippen LogP) is 2.70. The second kappa shape index (κ2) is 4.44. The van der Waals surface area contributed by atoms with Crippen molar-refractivity contribution >= 4 is 11.9 Å². The molecule has 1 heterocycles. The van der Waals surface area contributed by atoms with E-state index in [0.29, 0.717) is 17.7 Å². The first kappa shape index (κ1) is 12.6. The standard InChI is InChI=1S/C14H16O4/c1-4-14(2,3)13(16)18-10-7-5-6-9-8-17-12(15)11(9)10/h5-7H,4,8H2,1-3H3. The molecule has 0 aromatic heterocycles. The lowest BCUT2D eigenvalue weighted by molar-refractivity contribution is -0.144. The van der Waals surface area contributed by atoms with Gasteiger partial charge in [-0.1, -0.05) is 19.1 Å². The number of hydrogen-bond donors (Lipinski definition) is 0. The Bertz CT molecular complexity index is 503. The van der Waals surface area contributed by atoms with Gasteiger partial charge in [0.15, 0.2) is 0 Å². The van der Waals surface area contributed by atoms with Crippen molar-refractivity contribution in [3.63, 3.8) is 0 Å². The second-order valence-electron chi connectivity index (χ2n) is 4.99. The maximum Gasteiger partial charge on any atom is 0.342 e. The van der Waals surface area contributed by atoms with Crippen molar-refractivity contribution in [2.45, 2.75) is 33.8 Å². The molecule has 4 nitrogen and oxygen atoms in total. The van der Waals surface area contributed by atoms with Gasteiger partial charge in [-0.15, -0.1) is 0 Å². The van der Waals surface area contributed by atoms with Crippen LogP contribution in [0.3, 0.4) is 0 Å². The number of ether oxygens (including phenoxy) is 2. The monoisotopic (exact) mass is 248 g/mol. The van der Waals surface area contributed by atoms with Gasteiger partial charge in [-0.3, -0.25) is 4.79 Å². The van der Waals surface area contributed by atoms with E-state index in [0.717, 1.165) is 5.56 Å². The normalized spacial score (nSPS) is 14.1. The van der Waals surface area contributed by atoms with Gasteiger partial charge in [-0.2, -0.15) is 0 Å². The largest absolute Gasteiger partial charge is 0.457 e. The van der Waals surface area contributed by atoms with E-state index < -0.39 is 11.4 Å². The molecule has 0 saturated heterocycles. The Balaban J connectivity index is 2.29. The van der Waals surface area contributed by atoms with E-state index in [-0.39, 0.29) is 12.6 Å². The predicted molar refractivity (Wildman–Crippen MR) is 65.3 cm³/mol. The molecule has 1 aromatic carbocycles. The molecule has 0 radical (unpaired) electrons. The van der Waals surface area contributed by atoms with Crippen molar-refractivity contribution in [1.29, 1.82) is 0 Å². The SMILES string of the molecule is CCC(C)(C)C(=O)Oc1cccc2c1C(=O)OC2. The minimum atomic E-state index is -0.564. The maximum atomic E-state index is 12.0. The number of carbonyl (C=O) groups is 2. The molecular formula is C14H16O4. The summed E-state index contributed by atoms with van der Waals surface area (Å²) in [6.45, 7) is 5.80. The van der Waals surface area contributed by atoms with E-state index in [1.54, 1.807) is 18.2 Å². The minimum absolute atomic E-state index is 0.247. The van der Waals surface area contributed by atoms with Crippen LogP contribution in [-0.2, 0) is 16.1 Å². The van der Waals surface area contributed by atoms with Gasteiger partial charge in [-0.25, -0.2) is 4.79 Å². The van der Waals surface area contributed by atoms with Crippen LogP contribution in [-0.4, -0.2) is 11.9 Å². The molecule has 0 amide bonds. The summed E-state index contributed by atoms with van der Waals surface area (Å²) in [5.74, 6) is -0.470. The minimum Gasteiger partial charge on any atom is -0.457 e. The van der Waals surface area contributed by atoms with Gasteiger partial charge >= 0.3 is 11.9 Å². The van der Waals surface area contributed by atoms with Gasteiger partial charge in [0.25, 0.3) is 0 Å². The first-order valence-corrected chi connectivity index (χ1v) is 5.97. The molecule has 0 spiro atoms. The first-order valence-electron chi connectivity index (χ1n) is 5.97. The molecule has 0 bridgehead atoms. The third kappa shape index (κ3) is 2.10. The fourth-order valence-electron chi connectivity index (χ4n) is 1.61. The van der Waals surface area contributed by atoms with Crippen LogP contribution in [0.25, 0.3) is 0 Å². The fraction of sp³-hybridized carbons (Fsp3) is 0.429. The maximum absolute atomic E-state index is 12.0. The smallest absolute Gasteiger partial charge is 0.342 e. The third-order valence-electron chi connectivity index (χ3n) is 3.31. The first-order chi connectivity index (χ1) is 8.45. The highest BCUT2D eigenvalue weighted by molar-refractivity contribution is 5.97. The highest BCUT2D eigenvalue weighted by Gasteiger charge is 2.31. The van der Waals surface area contributed by atoms with Crippen molar-refractivity contribution in [3.05, 3.63) is 29.3 Å². The second-order valence-corrected chi connectivity index (χ2v) is 4.99. The molecule has 1 aliphatic rings. The molecule has 0 fully saturated rings. The molecule has 0 aliphatic carbocycles. The summed E-state index contributed by atoms with van der Waals surface area (Å²) in [6.07, 6.45) is 0.672. The van der Waals surface area contributed by atoms with Crippen molar-refractivity contribution in [2.75, 3.05) is 0 Å². The molecule has 4 heteroatoms. The molecule has 0 atom stereocenters. The van der Waals surface area contributed by atoms with Crippen molar-refractivity contribution in [3.8, 4) is 5.75 Å². The van der Waals surface area contributed by atoms with Crippen LogP contribution in [0.2, 0.25) is 0 Å². The summed E-state index contributed by atoms with van der Waals surface area (Å²) in [5.41, 5.74) is 0.572.